The lowest BCUT2D eigenvalue weighted by Gasteiger charge is -2.64. The first-order chi connectivity index (χ1) is 12.3. The average Bonchev–Trinajstić information content (AvgIpc) is 2.59. The highest BCUT2D eigenvalue weighted by molar-refractivity contribution is 5.78. The van der Waals surface area contributed by atoms with E-state index in [1.165, 1.54) is 51.4 Å². The second kappa shape index (κ2) is 6.61. The molecule has 148 valence electrons. The van der Waals surface area contributed by atoms with Crippen LogP contribution in [0.1, 0.15) is 91.9 Å². The first-order valence-corrected chi connectivity index (χ1v) is 11.5. The Labute approximate surface area is 160 Å². The smallest absolute Gasteiger partial charge is 0.132 e. The van der Waals surface area contributed by atoms with Crippen molar-refractivity contribution in [2.75, 3.05) is 0 Å². The van der Waals surface area contributed by atoms with Gasteiger partial charge < -0.3 is 5.11 Å². The lowest BCUT2D eigenvalue weighted by atomic mass is 9.41. The fourth-order valence-corrected chi connectivity index (χ4v) is 8.66. The van der Waals surface area contributed by atoms with Crippen LogP contribution in [0.3, 0.4) is 0 Å². The van der Waals surface area contributed by atoms with Crippen molar-refractivity contribution in [3.63, 3.8) is 0 Å². The van der Waals surface area contributed by atoms with Gasteiger partial charge in [-0.05, 0) is 112 Å². The number of hydrogen-bond acceptors (Lipinski definition) is 2. The topological polar surface area (TPSA) is 37.3 Å². The monoisotopic (exact) mass is 360 g/mol. The number of carbonyl (C=O) groups is 1. The Morgan fingerprint density at radius 3 is 2.35 bits per heavy atom. The fourth-order valence-electron chi connectivity index (χ4n) is 8.66. The van der Waals surface area contributed by atoms with Gasteiger partial charge in [0.05, 0.1) is 6.10 Å². The van der Waals surface area contributed by atoms with Crippen molar-refractivity contribution in [2.45, 2.75) is 98.0 Å². The molecule has 26 heavy (non-hydrogen) atoms. The Balaban J connectivity index is 1.58. The molecule has 0 aromatic rings. The van der Waals surface area contributed by atoms with E-state index in [-0.39, 0.29) is 6.10 Å². The first kappa shape index (κ1) is 19.0. The number of Topliss-reactive ketones (excluding diaryl/α,β-unsaturated/α-hetero) is 1. The van der Waals surface area contributed by atoms with E-state index in [0.717, 1.165) is 36.5 Å². The van der Waals surface area contributed by atoms with Gasteiger partial charge in [0.15, 0.2) is 0 Å². The van der Waals surface area contributed by atoms with Crippen LogP contribution in [0.5, 0.6) is 0 Å². The maximum absolute atomic E-state index is 12.0. The van der Waals surface area contributed by atoms with E-state index in [0.29, 0.717) is 28.4 Å². The molecule has 0 aromatic heterocycles. The average molecular weight is 361 g/mol. The molecular weight excluding hydrogens is 320 g/mol. The van der Waals surface area contributed by atoms with Crippen molar-refractivity contribution < 1.29 is 9.90 Å². The first-order valence-electron chi connectivity index (χ1n) is 11.5. The third-order valence-electron chi connectivity index (χ3n) is 10.1. The van der Waals surface area contributed by atoms with Gasteiger partial charge in [-0.2, -0.15) is 0 Å². The van der Waals surface area contributed by atoms with E-state index in [4.69, 9.17) is 0 Å². The molecule has 0 radical (unpaired) electrons. The van der Waals surface area contributed by atoms with Crippen molar-refractivity contribution >= 4 is 5.78 Å². The zero-order chi connectivity index (χ0) is 18.7. The molecular formula is C24H40O2. The maximum atomic E-state index is 12.0. The van der Waals surface area contributed by atoms with Crippen LogP contribution in [0.2, 0.25) is 0 Å². The minimum atomic E-state index is -0.155. The normalized spacial score (nSPS) is 52.3. The van der Waals surface area contributed by atoms with Crippen LogP contribution in [0.15, 0.2) is 0 Å². The molecule has 4 fully saturated rings. The van der Waals surface area contributed by atoms with Gasteiger partial charge in [-0.15, -0.1) is 0 Å². The van der Waals surface area contributed by atoms with Crippen LogP contribution in [0, 0.1) is 46.3 Å². The van der Waals surface area contributed by atoms with Gasteiger partial charge in [-0.1, -0.05) is 20.3 Å². The summed E-state index contributed by atoms with van der Waals surface area (Å²) in [5.41, 5.74) is 0.821. The Kier molecular flexibility index (Phi) is 4.82. The largest absolute Gasteiger partial charge is 0.393 e. The summed E-state index contributed by atoms with van der Waals surface area (Å²) in [6, 6.07) is 0. The Morgan fingerprint density at radius 1 is 0.962 bits per heavy atom. The summed E-state index contributed by atoms with van der Waals surface area (Å²) < 4.78 is 0. The number of fused-ring (bicyclic) bond motifs is 5. The van der Waals surface area contributed by atoms with Crippen LogP contribution in [0.4, 0.5) is 0 Å². The van der Waals surface area contributed by atoms with Crippen molar-refractivity contribution in [2.24, 2.45) is 46.3 Å². The molecule has 0 saturated heterocycles. The van der Waals surface area contributed by atoms with Crippen molar-refractivity contribution in [1.82, 2.24) is 0 Å². The second-order valence-corrected chi connectivity index (χ2v) is 11.1. The number of aliphatic hydroxyl groups is 1. The molecule has 2 heteroatoms. The lowest BCUT2D eigenvalue weighted by Crippen LogP contribution is -2.57. The summed E-state index contributed by atoms with van der Waals surface area (Å²) in [6.07, 6.45) is 12.7. The summed E-state index contributed by atoms with van der Waals surface area (Å²) in [5.74, 6) is 4.58. The van der Waals surface area contributed by atoms with E-state index in [9.17, 15) is 9.90 Å². The van der Waals surface area contributed by atoms with Gasteiger partial charge in [0, 0.05) is 5.92 Å². The van der Waals surface area contributed by atoms with Gasteiger partial charge in [-0.25, -0.2) is 0 Å². The van der Waals surface area contributed by atoms with Gasteiger partial charge in [0.1, 0.15) is 5.78 Å². The number of hydrogen-bond donors (Lipinski definition) is 1. The highest BCUT2D eigenvalue weighted by Gasteiger charge is 2.59. The molecule has 4 rings (SSSR count). The van der Waals surface area contributed by atoms with E-state index < -0.39 is 0 Å². The van der Waals surface area contributed by atoms with Crippen LogP contribution < -0.4 is 0 Å². The molecule has 0 aliphatic heterocycles. The molecule has 4 aliphatic carbocycles. The van der Waals surface area contributed by atoms with Crippen molar-refractivity contribution in [3.05, 3.63) is 0 Å². The van der Waals surface area contributed by atoms with Crippen LogP contribution >= 0.6 is 0 Å². The van der Waals surface area contributed by atoms with Crippen molar-refractivity contribution in [3.8, 4) is 0 Å². The predicted octanol–water partition coefficient (Wildman–Crippen LogP) is 5.62. The number of ketones is 1. The summed E-state index contributed by atoms with van der Waals surface area (Å²) in [7, 11) is 0. The van der Waals surface area contributed by atoms with Crippen LogP contribution in [-0.4, -0.2) is 17.0 Å². The highest BCUT2D eigenvalue weighted by atomic mass is 16.3. The summed E-state index contributed by atoms with van der Waals surface area (Å²) in [4.78, 5) is 12.0. The van der Waals surface area contributed by atoms with Gasteiger partial charge >= 0.3 is 0 Å². The van der Waals surface area contributed by atoms with Gasteiger partial charge in [0.2, 0.25) is 0 Å². The Bertz CT molecular complexity index is 554. The maximum Gasteiger partial charge on any atom is 0.132 e. The van der Waals surface area contributed by atoms with Gasteiger partial charge in [-0.3, -0.25) is 4.79 Å². The molecule has 4 saturated carbocycles. The predicted molar refractivity (Wildman–Crippen MR) is 106 cm³/mol. The lowest BCUT2D eigenvalue weighted by molar-refractivity contribution is -0.160. The molecule has 4 aliphatic rings. The van der Waals surface area contributed by atoms with Crippen molar-refractivity contribution in [1.29, 1.82) is 0 Å². The zero-order valence-corrected chi connectivity index (χ0v) is 17.5. The Hall–Kier alpha value is -0.370. The second-order valence-electron chi connectivity index (χ2n) is 11.1. The quantitative estimate of drug-likeness (QED) is 0.694. The molecule has 0 amide bonds. The molecule has 9 atom stereocenters. The van der Waals surface area contributed by atoms with Crippen LogP contribution in [-0.2, 0) is 4.79 Å². The summed E-state index contributed by atoms with van der Waals surface area (Å²) >= 11 is 0. The fraction of sp³-hybridized carbons (Fsp3) is 0.958. The highest BCUT2D eigenvalue weighted by Crippen LogP contribution is 2.67. The zero-order valence-electron chi connectivity index (χ0n) is 17.5. The molecule has 2 nitrogen and oxygen atoms in total. The van der Waals surface area contributed by atoms with E-state index in [1.807, 2.05) is 13.8 Å². The van der Waals surface area contributed by atoms with E-state index in [2.05, 4.69) is 13.8 Å². The van der Waals surface area contributed by atoms with Crippen LogP contribution in [0.25, 0.3) is 0 Å². The molecule has 9 unspecified atom stereocenters. The third-order valence-corrected chi connectivity index (χ3v) is 10.1. The minimum absolute atomic E-state index is 0.155. The number of carbonyl (C=O) groups excluding carboxylic acids is 1. The molecule has 0 bridgehead atoms. The number of rotatable bonds is 2. The van der Waals surface area contributed by atoms with E-state index in [1.54, 1.807) is 0 Å². The summed E-state index contributed by atoms with van der Waals surface area (Å²) in [6.45, 7) is 8.95. The summed E-state index contributed by atoms with van der Waals surface area (Å²) in [5, 5.41) is 10.5. The van der Waals surface area contributed by atoms with Gasteiger partial charge in [0.25, 0.3) is 0 Å². The Morgan fingerprint density at radius 2 is 1.65 bits per heavy atom. The SMILES string of the molecule is CC(=O)C1CCC2(C)C(CCC3C2CCC2(C)C(C(C)O)CCCC32)C1. The van der Waals surface area contributed by atoms with E-state index >= 15 is 0 Å². The number of aliphatic hydroxyl groups excluding tert-OH is 1. The third kappa shape index (κ3) is 2.73. The molecule has 0 heterocycles. The molecule has 0 aromatic carbocycles. The minimum Gasteiger partial charge on any atom is -0.393 e. The standard InChI is InChI=1S/C24H40O2/c1-15(25)17-10-12-23(3)18(14-17)8-9-19-21-7-5-6-20(16(2)26)24(21,4)13-11-22(19)23/h16-22,26H,5-14H2,1-4H3. The molecule has 1 N–H and O–H groups in total. The molecule has 0 spiro atoms.